The third-order valence-electron chi connectivity index (χ3n) is 6.08. The van der Waals surface area contributed by atoms with Crippen LogP contribution in [0.25, 0.3) is 21.9 Å². The molecule has 25 heavy (non-hydrogen) atoms. The van der Waals surface area contributed by atoms with Crippen molar-refractivity contribution in [2.45, 2.75) is 32.4 Å². The molecule has 0 aromatic heterocycles. The molecular weight excluding hydrogens is 370 g/mol. The molecule has 2 aliphatic rings. The van der Waals surface area contributed by atoms with Crippen molar-refractivity contribution < 1.29 is 21.5 Å². The summed E-state index contributed by atoms with van der Waals surface area (Å²) in [4.78, 5) is 0. The van der Waals surface area contributed by atoms with Crippen LogP contribution in [-0.2, 0) is 13.1 Å². The van der Waals surface area contributed by atoms with E-state index < -0.39 is 0 Å². The Bertz CT molecular complexity index is 895. The summed E-state index contributed by atoms with van der Waals surface area (Å²) in [5.74, 6) is 0. The van der Waals surface area contributed by atoms with Crippen LogP contribution in [0, 0.1) is 0 Å². The minimum Gasteiger partial charge on any atom is -1.00 e. The van der Waals surface area contributed by atoms with Gasteiger partial charge in [0.1, 0.15) is 13.1 Å². The van der Waals surface area contributed by atoms with Gasteiger partial charge in [-0.2, -0.15) is 0 Å². The molecule has 1 spiro atoms. The predicted octanol–water partition coefficient (Wildman–Crippen LogP) is 2.53. The first-order valence-electron chi connectivity index (χ1n) is 9.29. The first kappa shape index (κ1) is 16.8. The van der Waals surface area contributed by atoms with E-state index in [0.29, 0.717) is 0 Å². The lowest BCUT2D eigenvalue weighted by molar-refractivity contribution is -0.951. The maximum atomic E-state index is 2.47. The molecule has 5 rings (SSSR count). The smallest absolute Gasteiger partial charge is 0.106 e. The molecule has 0 radical (unpaired) electrons. The summed E-state index contributed by atoms with van der Waals surface area (Å²) in [5, 5.41) is 2.81. The number of rotatable bonds is 1. The molecule has 0 saturated carbocycles. The highest BCUT2D eigenvalue weighted by molar-refractivity contribution is 5.99. The van der Waals surface area contributed by atoms with Gasteiger partial charge in [-0.15, -0.1) is 0 Å². The van der Waals surface area contributed by atoms with Crippen LogP contribution < -0.4 is 17.0 Å². The molecule has 1 saturated heterocycles. The highest BCUT2D eigenvalue weighted by Crippen LogP contribution is 2.42. The van der Waals surface area contributed by atoms with Crippen LogP contribution in [0.2, 0.25) is 0 Å². The molecule has 0 aliphatic carbocycles. The number of hydrogen-bond donors (Lipinski definition) is 0. The van der Waals surface area contributed by atoms with Crippen molar-refractivity contribution in [2.24, 2.45) is 0 Å². The van der Waals surface area contributed by atoms with Crippen molar-refractivity contribution in [2.75, 3.05) is 13.1 Å². The minimum atomic E-state index is 0. The fraction of sp³-hybridized carbons (Fsp3) is 0.304. The van der Waals surface area contributed by atoms with Crippen LogP contribution in [-0.4, -0.2) is 17.6 Å². The Labute approximate surface area is 160 Å². The van der Waals surface area contributed by atoms with Gasteiger partial charge in [-0.1, -0.05) is 54.6 Å². The Morgan fingerprint density at radius 2 is 1.44 bits per heavy atom. The molecule has 0 unspecified atom stereocenters. The number of fused-ring (bicyclic) bond motifs is 2. The molecule has 0 amide bonds. The maximum absolute atomic E-state index is 2.47. The summed E-state index contributed by atoms with van der Waals surface area (Å²) in [5.41, 5.74) is 6.07. The number of hydrogen-bond acceptors (Lipinski definition) is 0. The topological polar surface area (TPSA) is 0 Å². The zero-order chi connectivity index (χ0) is 16.0. The summed E-state index contributed by atoms with van der Waals surface area (Å²) in [7, 11) is 0. The van der Waals surface area contributed by atoms with Gasteiger partial charge in [0.15, 0.2) is 0 Å². The van der Waals surface area contributed by atoms with Gasteiger partial charge >= 0.3 is 0 Å². The van der Waals surface area contributed by atoms with E-state index in [-0.39, 0.29) is 17.0 Å². The van der Waals surface area contributed by atoms with Gasteiger partial charge < -0.3 is 21.5 Å². The SMILES string of the molecule is [Br-].c1ccc(-c2c3c(cc4ccccc24)C[N+]2(CCCCC2)C3)cc1. The first-order valence-corrected chi connectivity index (χ1v) is 9.29. The highest BCUT2D eigenvalue weighted by Gasteiger charge is 2.38. The zero-order valence-corrected chi connectivity index (χ0v) is 16.1. The normalized spacial score (nSPS) is 18.1. The molecule has 2 aliphatic heterocycles. The van der Waals surface area contributed by atoms with Gasteiger partial charge in [0.25, 0.3) is 0 Å². The Hall–Kier alpha value is -1.64. The van der Waals surface area contributed by atoms with E-state index in [0.717, 1.165) is 0 Å². The van der Waals surface area contributed by atoms with Gasteiger partial charge in [0, 0.05) is 11.1 Å². The molecule has 1 nitrogen and oxygen atoms in total. The van der Waals surface area contributed by atoms with Gasteiger partial charge in [-0.3, -0.25) is 0 Å². The molecule has 128 valence electrons. The van der Waals surface area contributed by atoms with Crippen LogP contribution in [0.15, 0.2) is 60.7 Å². The molecule has 3 aromatic carbocycles. The first-order chi connectivity index (χ1) is 11.8. The number of nitrogens with zero attached hydrogens (tertiary/aromatic N) is 1. The van der Waals surface area contributed by atoms with E-state index >= 15 is 0 Å². The molecule has 0 N–H and O–H groups in total. The van der Waals surface area contributed by atoms with Crippen LogP contribution >= 0.6 is 0 Å². The lowest BCUT2D eigenvalue weighted by Crippen LogP contribution is -3.00. The van der Waals surface area contributed by atoms with E-state index in [1.807, 2.05) is 0 Å². The van der Waals surface area contributed by atoms with Crippen molar-refractivity contribution in [3.8, 4) is 11.1 Å². The maximum Gasteiger partial charge on any atom is 0.106 e. The summed E-state index contributed by atoms with van der Waals surface area (Å²) in [6.45, 7) is 5.18. The van der Waals surface area contributed by atoms with E-state index in [1.165, 1.54) is 71.8 Å². The predicted molar refractivity (Wildman–Crippen MR) is 101 cm³/mol. The van der Waals surface area contributed by atoms with Crippen molar-refractivity contribution >= 4 is 10.8 Å². The van der Waals surface area contributed by atoms with Gasteiger partial charge in [-0.25, -0.2) is 0 Å². The molecule has 2 heterocycles. The van der Waals surface area contributed by atoms with Crippen LogP contribution in [0.3, 0.4) is 0 Å². The molecule has 0 bridgehead atoms. The number of quaternary nitrogens is 1. The Morgan fingerprint density at radius 1 is 0.720 bits per heavy atom. The lowest BCUT2D eigenvalue weighted by Gasteiger charge is -2.37. The zero-order valence-electron chi connectivity index (χ0n) is 14.5. The van der Waals surface area contributed by atoms with Gasteiger partial charge in [-0.05, 0) is 47.2 Å². The number of piperidine rings is 1. The van der Waals surface area contributed by atoms with Crippen molar-refractivity contribution in [1.29, 1.82) is 0 Å². The monoisotopic (exact) mass is 393 g/mol. The third kappa shape index (κ3) is 2.82. The second-order valence-corrected chi connectivity index (χ2v) is 7.64. The molecule has 3 aromatic rings. The average molecular weight is 394 g/mol. The second kappa shape index (κ2) is 6.59. The Morgan fingerprint density at radius 3 is 2.24 bits per heavy atom. The summed E-state index contributed by atoms with van der Waals surface area (Å²) in [6.07, 6.45) is 4.21. The minimum absolute atomic E-state index is 0. The summed E-state index contributed by atoms with van der Waals surface area (Å²) >= 11 is 0. The molecular formula is C23H24BrN. The van der Waals surface area contributed by atoms with Crippen molar-refractivity contribution in [3.05, 3.63) is 71.8 Å². The van der Waals surface area contributed by atoms with Crippen molar-refractivity contribution in [1.82, 2.24) is 0 Å². The van der Waals surface area contributed by atoms with Gasteiger partial charge in [0.05, 0.1) is 13.1 Å². The van der Waals surface area contributed by atoms with E-state index in [1.54, 1.807) is 11.1 Å². The number of benzene rings is 3. The van der Waals surface area contributed by atoms with Crippen molar-refractivity contribution in [3.63, 3.8) is 0 Å². The van der Waals surface area contributed by atoms with E-state index in [2.05, 4.69) is 60.7 Å². The average Bonchev–Trinajstić information content (AvgIpc) is 2.97. The summed E-state index contributed by atoms with van der Waals surface area (Å²) in [6, 6.07) is 22.4. The van der Waals surface area contributed by atoms with Gasteiger partial charge in [0.2, 0.25) is 0 Å². The third-order valence-corrected chi connectivity index (χ3v) is 6.08. The fourth-order valence-electron chi connectivity index (χ4n) is 4.96. The Kier molecular flexibility index (Phi) is 4.43. The van der Waals surface area contributed by atoms with Crippen LogP contribution in [0.4, 0.5) is 0 Å². The molecule has 0 atom stereocenters. The highest BCUT2D eigenvalue weighted by atomic mass is 79.9. The molecule has 1 fully saturated rings. The quantitative estimate of drug-likeness (QED) is 0.557. The summed E-state index contributed by atoms with van der Waals surface area (Å²) < 4.78 is 1.30. The van der Waals surface area contributed by atoms with Crippen LogP contribution in [0.1, 0.15) is 30.4 Å². The van der Waals surface area contributed by atoms with Crippen LogP contribution in [0.5, 0.6) is 0 Å². The second-order valence-electron chi connectivity index (χ2n) is 7.64. The Balaban J connectivity index is 0.00000157. The standard InChI is InChI=1S/C23H24N.BrH/c1-3-9-18(10-4-1)23-21-12-6-5-11-19(21)15-20-16-24(17-22(20)23)13-7-2-8-14-24;/h1,3-6,9-12,15H,2,7-8,13-14,16-17H2;1H/q+1;/p-1. The number of halogens is 1. The van der Waals surface area contributed by atoms with E-state index in [9.17, 15) is 0 Å². The largest absolute Gasteiger partial charge is 1.00 e. The fourth-order valence-corrected chi connectivity index (χ4v) is 4.96. The molecule has 2 heteroatoms. The van der Waals surface area contributed by atoms with E-state index in [4.69, 9.17) is 0 Å². The lowest BCUT2D eigenvalue weighted by atomic mass is 9.91.